The van der Waals surface area contributed by atoms with E-state index in [9.17, 15) is 17.9 Å². The maximum absolute atomic E-state index is 14.4. The molecule has 38 heavy (non-hydrogen) atoms. The summed E-state index contributed by atoms with van der Waals surface area (Å²) >= 11 is 0. The lowest BCUT2D eigenvalue weighted by molar-refractivity contribution is 0.0797. The normalized spacial score (nSPS) is 24.4. The number of aliphatic hydroxyl groups is 1. The molecule has 6 nitrogen and oxygen atoms in total. The van der Waals surface area contributed by atoms with Gasteiger partial charge in [0.25, 0.3) is 10.0 Å². The number of likely N-dealkylation sites (tertiary alicyclic amines) is 1. The summed E-state index contributed by atoms with van der Waals surface area (Å²) < 4.78 is 51.4. The Hall–Kier alpha value is -2.29. The van der Waals surface area contributed by atoms with E-state index >= 15 is 0 Å². The molecule has 2 aromatic carbocycles. The Kier molecular flexibility index (Phi) is 7.94. The minimum absolute atomic E-state index is 0.0702. The molecule has 0 amide bonds. The van der Waals surface area contributed by atoms with Crippen LogP contribution in [0.2, 0.25) is 0 Å². The number of sulfonamides is 1. The Bertz CT molecular complexity index is 1250. The number of nitrogens with zero attached hydrogens (tertiary/aromatic N) is 2. The zero-order valence-electron chi connectivity index (χ0n) is 22.4. The first-order valence-corrected chi connectivity index (χ1v) is 15.4. The third kappa shape index (κ3) is 6.13. The zero-order valence-corrected chi connectivity index (χ0v) is 23.2. The van der Waals surface area contributed by atoms with Crippen LogP contribution in [0.3, 0.4) is 0 Å². The second kappa shape index (κ2) is 11.1. The van der Waals surface area contributed by atoms with Gasteiger partial charge in [0.05, 0.1) is 0 Å². The van der Waals surface area contributed by atoms with Crippen molar-refractivity contribution in [2.45, 2.75) is 87.5 Å². The van der Waals surface area contributed by atoms with Crippen LogP contribution in [0, 0.1) is 5.82 Å². The fourth-order valence-corrected chi connectivity index (χ4v) is 7.79. The van der Waals surface area contributed by atoms with E-state index in [-0.39, 0.29) is 31.2 Å². The lowest BCUT2D eigenvalue weighted by atomic mass is 9.88. The lowest BCUT2D eigenvalue weighted by Gasteiger charge is -2.38. The van der Waals surface area contributed by atoms with Gasteiger partial charge in [-0.15, -0.1) is 4.40 Å². The molecule has 1 aliphatic carbocycles. The molecule has 2 aromatic rings. The third-order valence-electron chi connectivity index (χ3n) is 8.45. The molecule has 2 fully saturated rings. The predicted octanol–water partition coefficient (Wildman–Crippen LogP) is 5.17. The average molecular weight is 543 g/mol. The standard InChI is InChI=1S/C30H39FN2O4S/c1-30(2)28(19-21-7-9-22(10-8-21)23-13-16-33(17-14-23)25-11-12-25)38(35,36)32-29(37-30)20-24(15-18-34)26-5-3-4-6-27(26)31/h3-10,23-25,28,34H,11-20H2,1-2H3/t24-,28+/m1/s1. The molecular formula is C30H39FN2O4S. The van der Waals surface area contributed by atoms with E-state index in [0.717, 1.165) is 11.6 Å². The smallest absolute Gasteiger partial charge is 0.263 e. The quantitative estimate of drug-likeness (QED) is 0.473. The molecule has 1 saturated heterocycles. The zero-order chi connectivity index (χ0) is 26.9. The van der Waals surface area contributed by atoms with Crippen molar-refractivity contribution in [3.05, 3.63) is 71.0 Å². The first-order valence-electron chi connectivity index (χ1n) is 13.9. The number of benzene rings is 2. The molecule has 5 rings (SSSR count). The van der Waals surface area contributed by atoms with Crippen molar-refractivity contribution in [1.82, 2.24) is 4.90 Å². The van der Waals surface area contributed by atoms with Crippen molar-refractivity contribution < 1.29 is 22.7 Å². The largest absolute Gasteiger partial charge is 0.473 e. The van der Waals surface area contributed by atoms with Gasteiger partial charge in [0, 0.05) is 19.1 Å². The highest BCUT2D eigenvalue weighted by atomic mass is 32.2. The second-order valence-corrected chi connectivity index (χ2v) is 13.4. The summed E-state index contributed by atoms with van der Waals surface area (Å²) in [5.74, 6) is -0.197. The van der Waals surface area contributed by atoms with Crippen LogP contribution in [-0.4, -0.2) is 60.9 Å². The van der Waals surface area contributed by atoms with Crippen LogP contribution in [0.15, 0.2) is 52.9 Å². The summed E-state index contributed by atoms with van der Waals surface area (Å²) in [5.41, 5.74) is 1.68. The van der Waals surface area contributed by atoms with E-state index in [2.05, 4.69) is 21.4 Å². The highest BCUT2D eigenvalue weighted by Gasteiger charge is 2.46. The Labute approximate surface area is 226 Å². The predicted molar refractivity (Wildman–Crippen MR) is 147 cm³/mol. The molecule has 0 radical (unpaired) electrons. The van der Waals surface area contributed by atoms with Gasteiger partial charge in [-0.3, -0.25) is 0 Å². The molecule has 206 valence electrons. The second-order valence-electron chi connectivity index (χ2n) is 11.6. The van der Waals surface area contributed by atoms with Crippen LogP contribution in [0.25, 0.3) is 0 Å². The van der Waals surface area contributed by atoms with Gasteiger partial charge in [-0.2, -0.15) is 0 Å². The van der Waals surface area contributed by atoms with Gasteiger partial charge in [0.1, 0.15) is 16.7 Å². The van der Waals surface area contributed by atoms with Crippen LogP contribution in [-0.2, 0) is 21.2 Å². The molecule has 2 atom stereocenters. The van der Waals surface area contributed by atoms with Crippen molar-refractivity contribution in [1.29, 1.82) is 0 Å². The number of halogens is 1. The molecule has 1 N–H and O–H groups in total. The van der Waals surface area contributed by atoms with E-state index in [4.69, 9.17) is 4.74 Å². The van der Waals surface area contributed by atoms with Gasteiger partial charge in [-0.1, -0.05) is 42.5 Å². The van der Waals surface area contributed by atoms with Crippen LogP contribution < -0.4 is 0 Å². The van der Waals surface area contributed by atoms with Crippen LogP contribution in [0.4, 0.5) is 4.39 Å². The fourth-order valence-electron chi connectivity index (χ4n) is 6.10. The molecule has 3 aliphatic rings. The number of aliphatic hydroxyl groups excluding tert-OH is 1. The first-order chi connectivity index (χ1) is 18.2. The summed E-state index contributed by atoms with van der Waals surface area (Å²) in [5, 5.41) is 8.71. The van der Waals surface area contributed by atoms with Crippen LogP contribution in [0.5, 0.6) is 0 Å². The van der Waals surface area contributed by atoms with Crippen molar-refractivity contribution in [2.24, 2.45) is 4.40 Å². The molecule has 2 heterocycles. The van der Waals surface area contributed by atoms with Crippen molar-refractivity contribution in [2.75, 3.05) is 19.7 Å². The topological polar surface area (TPSA) is 79.2 Å². The van der Waals surface area contributed by atoms with Crippen molar-refractivity contribution >= 4 is 15.9 Å². The Morgan fingerprint density at radius 1 is 1.08 bits per heavy atom. The van der Waals surface area contributed by atoms with E-state index in [0.29, 0.717) is 17.9 Å². The SMILES string of the molecule is CC1(C)OC(C[C@@H](CCO)c2ccccc2F)=NS(=O)(=O)[C@H]1Cc1ccc(C2CCN(C3CC3)CC2)cc1. The highest BCUT2D eigenvalue weighted by molar-refractivity contribution is 7.91. The van der Waals surface area contributed by atoms with E-state index in [1.54, 1.807) is 32.0 Å². The Morgan fingerprint density at radius 2 is 1.76 bits per heavy atom. The molecule has 0 bridgehead atoms. The lowest BCUT2D eigenvalue weighted by Crippen LogP contribution is -2.50. The van der Waals surface area contributed by atoms with E-state index in [1.807, 2.05) is 12.1 Å². The van der Waals surface area contributed by atoms with Gasteiger partial charge < -0.3 is 14.7 Å². The van der Waals surface area contributed by atoms with Crippen molar-refractivity contribution in [3.8, 4) is 0 Å². The van der Waals surface area contributed by atoms with Crippen LogP contribution >= 0.6 is 0 Å². The molecule has 8 heteroatoms. The fraction of sp³-hybridized carbons (Fsp3) is 0.567. The molecule has 0 spiro atoms. The van der Waals surface area contributed by atoms with Gasteiger partial charge in [-0.05, 0) is 100 Å². The monoisotopic (exact) mass is 542 g/mol. The Balaban J connectivity index is 1.27. The molecule has 0 unspecified atom stereocenters. The third-order valence-corrected chi connectivity index (χ3v) is 10.4. The number of hydrogen-bond acceptors (Lipinski definition) is 5. The molecule has 1 saturated carbocycles. The number of rotatable bonds is 9. The van der Waals surface area contributed by atoms with Gasteiger partial charge in [0.2, 0.25) is 5.90 Å². The summed E-state index contributed by atoms with van der Waals surface area (Å²) in [6.45, 7) is 5.73. The minimum atomic E-state index is -3.87. The molecule has 2 aliphatic heterocycles. The van der Waals surface area contributed by atoms with E-state index < -0.39 is 26.8 Å². The van der Waals surface area contributed by atoms with E-state index in [1.165, 1.54) is 50.4 Å². The van der Waals surface area contributed by atoms with Crippen LogP contribution in [0.1, 0.15) is 80.9 Å². The molecule has 0 aromatic heterocycles. The van der Waals surface area contributed by atoms with Gasteiger partial charge >= 0.3 is 0 Å². The van der Waals surface area contributed by atoms with Gasteiger partial charge in [-0.25, -0.2) is 12.8 Å². The number of piperidine rings is 1. The maximum atomic E-state index is 14.4. The number of ether oxygens (including phenoxy) is 1. The first kappa shape index (κ1) is 27.3. The maximum Gasteiger partial charge on any atom is 0.263 e. The Morgan fingerprint density at radius 3 is 2.37 bits per heavy atom. The summed E-state index contributed by atoms with van der Waals surface area (Å²) in [4.78, 5) is 2.62. The summed E-state index contributed by atoms with van der Waals surface area (Å²) in [6, 6.07) is 15.6. The number of hydrogen-bond donors (Lipinski definition) is 1. The van der Waals surface area contributed by atoms with Crippen molar-refractivity contribution in [3.63, 3.8) is 0 Å². The van der Waals surface area contributed by atoms with Gasteiger partial charge in [0.15, 0.2) is 0 Å². The average Bonchev–Trinajstić information content (AvgIpc) is 3.72. The summed E-state index contributed by atoms with van der Waals surface area (Å²) in [6.07, 6.45) is 5.74. The highest BCUT2D eigenvalue weighted by Crippen LogP contribution is 2.37. The summed E-state index contributed by atoms with van der Waals surface area (Å²) in [7, 11) is -3.87. The molecular weight excluding hydrogens is 503 g/mol. The minimum Gasteiger partial charge on any atom is -0.473 e.